The molecule has 0 fully saturated rings. The van der Waals surface area contributed by atoms with Crippen molar-refractivity contribution in [2.45, 2.75) is 46.5 Å². The van der Waals surface area contributed by atoms with E-state index >= 15 is 0 Å². The average molecular weight is 468 g/mol. The SMILES string of the molecule is [CH2-]CC(=[C-]P(=O)(OCC)OCC)CCCC.[CH]1C=CC=C1.[CH]1C=CC=C1.[Zr+2]. The summed E-state index contributed by atoms with van der Waals surface area (Å²) in [6, 6.07) is 0. The van der Waals surface area contributed by atoms with E-state index in [-0.39, 0.29) is 26.2 Å². The van der Waals surface area contributed by atoms with Gasteiger partial charge in [-0.2, -0.15) is 6.42 Å². The quantitative estimate of drug-likeness (QED) is 0.271. The zero-order chi connectivity index (χ0) is 19.5. The molecular weight excluding hydrogens is 434 g/mol. The molecular formula is C22H33O3PZr. The summed E-state index contributed by atoms with van der Waals surface area (Å²) in [7, 11) is -3.16. The van der Waals surface area contributed by atoms with Crippen LogP contribution in [-0.4, -0.2) is 13.2 Å². The number of hydrogen-bond acceptors (Lipinski definition) is 3. The molecule has 0 amide bonds. The normalized spacial score (nSPS) is 14.3. The first-order valence-electron chi connectivity index (χ1n) is 9.26. The smallest absolute Gasteiger partial charge is 0.374 e. The third-order valence-corrected chi connectivity index (χ3v) is 4.92. The summed E-state index contributed by atoms with van der Waals surface area (Å²) in [5.74, 6) is 2.88. The summed E-state index contributed by atoms with van der Waals surface area (Å²) in [4.78, 5) is 0. The molecule has 2 radical (unpaired) electrons. The predicted molar refractivity (Wildman–Crippen MR) is 112 cm³/mol. The van der Waals surface area contributed by atoms with Gasteiger partial charge >= 0.3 is 26.2 Å². The third kappa shape index (κ3) is 17.6. The number of allylic oxidation sites excluding steroid dienone is 9. The third-order valence-electron chi connectivity index (χ3n) is 3.14. The van der Waals surface area contributed by atoms with Crippen LogP contribution in [0, 0.1) is 25.6 Å². The van der Waals surface area contributed by atoms with Crippen molar-refractivity contribution in [3.05, 3.63) is 79.8 Å². The Kier molecular flexibility index (Phi) is 21.9. The van der Waals surface area contributed by atoms with E-state index in [1.807, 2.05) is 61.4 Å². The van der Waals surface area contributed by atoms with Crippen molar-refractivity contribution >= 4 is 7.60 Å². The molecule has 0 atom stereocenters. The molecule has 2 rings (SSSR count). The first kappa shape index (κ1) is 28.9. The molecule has 0 aromatic heterocycles. The van der Waals surface area contributed by atoms with Crippen LogP contribution in [0.25, 0.3) is 0 Å². The molecule has 0 aromatic carbocycles. The van der Waals surface area contributed by atoms with Gasteiger partial charge in [-0.3, -0.25) is 10.1 Å². The van der Waals surface area contributed by atoms with E-state index in [1.165, 1.54) is 0 Å². The van der Waals surface area contributed by atoms with E-state index in [9.17, 15) is 4.57 Å². The van der Waals surface area contributed by atoms with E-state index < -0.39 is 7.60 Å². The van der Waals surface area contributed by atoms with Gasteiger partial charge in [0.25, 0.3) is 0 Å². The Bertz CT molecular complexity index is 482. The topological polar surface area (TPSA) is 35.5 Å². The Morgan fingerprint density at radius 1 is 0.889 bits per heavy atom. The average Bonchev–Trinajstić information content (AvgIpc) is 3.37. The fraction of sp³-hybridized carbons (Fsp3) is 0.409. The molecule has 3 nitrogen and oxygen atoms in total. The summed E-state index contributed by atoms with van der Waals surface area (Å²) >= 11 is 0. The van der Waals surface area contributed by atoms with Crippen molar-refractivity contribution in [1.29, 1.82) is 0 Å². The zero-order valence-electron chi connectivity index (χ0n) is 16.9. The molecule has 0 heterocycles. The van der Waals surface area contributed by atoms with Crippen molar-refractivity contribution in [3.63, 3.8) is 0 Å². The van der Waals surface area contributed by atoms with Gasteiger partial charge in [-0.25, -0.2) is 0 Å². The molecule has 0 spiro atoms. The summed E-state index contributed by atoms with van der Waals surface area (Å²) in [6.07, 6.45) is 23.6. The van der Waals surface area contributed by atoms with Crippen LogP contribution >= 0.6 is 7.60 Å². The molecule has 0 aliphatic heterocycles. The maximum Gasteiger partial charge on any atom is 2.00 e. The van der Waals surface area contributed by atoms with Crippen molar-refractivity contribution in [3.8, 4) is 0 Å². The van der Waals surface area contributed by atoms with Crippen LogP contribution < -0.4 is 0 Å². The number of hydrogen-bond donors (Lipinski definition) is 0. The molecule has 2 aliphatic carbocycles. The first-order chi connectivity index (χ1) is 12.6. The fourth-order valence-electron chi connectivity index (χ4n) is 1.90. The van der Waals surface area contributed by atoms with Crippen molar-refractivity contribution in [2.24, 2.45) is 0 Å². The number of rotatable bonds is 9. The Hall–Kier alpha value is -0.267. The van der Waals surface area contributed by atoms with Gasteiger partial charge in [-0.15, -0.1) is 0 Å². The fourth-order valence-corrected chi connectivity index (χ4v) is 3.40. The van der Waals surface area contributed by atoms with Gasteiger partial charge in [-0.1, -0.05) is 74.8 Å². The molecule has 2 aliphatic rings. The standard InChI is InChI=1S/C12H23O3P.2C5H5.Zr/c1-5-9-10-12(6-2)11-16(13,14-7-3)15-8-4;2*1-2-4-5-3-1;/h2,5-10H2,1,3-4H3;2*1-5H;/q-2;;;+2. The summed E-state index contributed by atoms with van der Waals surface area (Å²) in [5.41, 5.74) is 0.937. The Labute approximate surface area is 186 Å². The van der Waals surface area contributed by atoms with E-state index in [2.05, 4.69) is 19.7 Å². The monoisotopic (exact) mass is 466 g/mol. The van der Waals surface area contributed by atoms with Gasteiger partial charge in [0.05, 0.1) is 13.2 Å². The minimum atomic E-state index is -3.16. The molecule has 5 heteroatoms. The van der Waals surface area contributed by atoms with E-state index in [0.29, 0.717) is 19.6 Å². The van der Waals surface area contributed by atoms with Crippen LogP contribution in [0.4, 0.5) is 0 Å². The van der Waals surface area contributed by atoms with Crippen molar-refractivity contribution in [1.82, 2.24) is 0 Å². The second kappa shape index (κ2) is 20.5. The summed E-state index contributed by atoms with van der Waals surface area (Å²) < 4.78 is 22.5. The van der Waals surface area contributed by atoms with E-state index in [4.69, 9.17) is 9.05 Å². The minimum Gasteiger partial charge on any atom is -0.374 e. The molecule has 27 heavy (non-hydrogen) atoms. The van der Waals surface area contributed by atoms with Gasteiger partial charge < -0.3 is 21.8 Å². The molecule has 0 N–H and O–H groups in total. The van der Waals surface area contributed by atoms with Gasteiger partial charge in [-0.05, 0) is 13.8 Å². The second-order valence-electron chi connectivity index (χ2n) is 5.33. The van der Waals surface area contributed by atoms with Crippen LogP contribution in [0.3, 0.4) is 0 Å². The first-order valence-corrected chi connectivity index (χ1v) is 10.8. The Balaban J connectivity index is 0. The second-order valence-corrected chi connectivity index (χ2v) is 7.06. The Morgan fingerprint density at radius 3 is 1.59 bits per heavy atom. The van der Waals surface area contributed by atoms with Gasteiger partial charge in [0.2, 0.25) is 0 Å². The molecule has 0 saturated carbocycles. The predicted octanol–water partition coefficient (Wildman–Crippen LogP) is 6.98. The van der Waals surface area contributed by atoms with E-state index in [1.54, 1.807) is 13.8 Å². The van der Waals surface area contributed by atoms with Crippen molar-refractivity contribution < 1.29 is 39.8 Å². The molecule has 148 valence electrons. The molecule has 0 saturated heterocycles. The van der Waals surface area contributed by atoms with Crippen molar-refractivity contribution in [2.75, 3.05) is 13.2 Å². The zero-order valence-corrected chi connectivity index (χ0v) is 20.2. The van der Waals surface area contributed by atoms with Crippen LogP contribution in [0.2, 0.25) is 0 Å². The van der Waals surface area contributed by atoms with Crippen LogP contribution in [0.5, 0.6) is 0 Å². The largest absolute Gasteiger partial charge is 2.00 e. The maximum atomic E-state index is 12.1. The maximum absolute atomic E-state index is 12.1. The van der Waals surface area contributed by atoms with Crippen LogP contribution in [-0.2, 0) is 39.8 Å². The minimum absolute atomic E-state index is 0. The molecule has 0 bridgehead atoms. The van der Waals surface area contributed by atoms with E-state index in [0.717, 1.165) is 24.8 Å². The summed E-state index contributed by atoms with van der Waals surface area (Å²) in [6.45, 7) is 10.2. The van der Waals surface area contributed by atoms with Gasteiger partial charge in [0.15, 0.2) is 7.60 Å². The summed E-state index contributed by atoms with van der Waals surface area (Å²) in [5, 5.41) is 0. The molecule has 0 unspecified atom stereocenters. The van der Waals surface area contributed by atoms with Crippen LogP contribution in [0.15, 0.2) is 54.2 Å². The van der Waals surface area contributed by atoms with Gasteiger partial charge in [0.1, 0.15) is 0 Å². The molecule has 0 aromatic rings. The van der Waals surface area contributed by atoms with Crippen LogP contribution in [0.1, 0.15) is 46.5 Å². The number of unbranched alkanes of at least 4 members (excludes halogenated alkanes) is 1. The van der Waals surface area contributed by atoms with Gasteiger partial charge in [0, 0.05) is 12.8 Å². The Morgan fingerprint density at radius 2 is 1.33 bits per heavy atom.